The van der Waals surface area contributed by atoms with Crippen LogP contribution in [-0.2, 0) is 6.54 Å². The second kappa shape index (κ2) is 5.28. The quantitative estimate of drug-likeness (QED) is 0.767. The highest BCUT2D eigenvalue weighted by Crippen LogP contribution is 2.16. The minimum absolute atomic E-state index is 0.439. The fraction of sp³-hybridized carbons (Fsp3) is 0.727. The molecule has 1 aliphatic rings. The van der Waals surface area contributed by atoms with Gasteiger partial charge in [0.25, 0.3) is 0 Å². The van der Waals surface area contributed by atoms with E-state index in [1.165, 1.54) is 25.7 Å². The fourth-order valence-electron chi connectivity index (χ4n) is 2.14. The van der Waals surface area contributed by atoms with Gasteiger partial charge < -0.3 is 11.1 Å². The Morgan fingerprint density at radius 2 is 2.13 bits per heavy atom. The van der Waals surface area contributed by atoms with Crippen molar-refractivity contribution in [3.63, 3.8) is 0 Å². The van der Waals surface area contributed by atoms with Crippen molar-refractivity contribution in [2.75, 3.05) is 6.54 Å². The summed E-state index contributed by atoms with van der Waals surface area (Å²) in [4.78, 5) is 0. The van der Waals surface area contributed by atoms with Crippen LogP contribution in [0.25, 0.3) is 0 Å². The molecular formula is C11H20N4. The summed E-state index contributed by atoms with van der Waals surface area (Å²) in [6.45, 7) is 1.96. The zero-order valence-electron chi connectivity index (χ0n) is 9.10. The number of nitrogens with two attached hydrogens (primary N) is 1. The maximum Gasteiger partial charge on any atom is 0.0534 e. The Bertz CT molecular complexity index is 262. The molecule has 0 atom stereocenters. The van der Waals surface area contributed by atoms with Gasteiger partial charge in [0.2, 0.25) is 0 Å². The van der Waals surface area contributed by atoms with Crippen LogP contribution in [0.5, 0.6) is 0 Å². The van der Waals surface area contributed by atoms with Gasteiger partial charge >= 0.3 is 0 Å². The minimum Gasteiger partial charge on any atom is -0.328 e. The average Bonchev–Trinajstić information content (AvgIpc) is 2.74. The van der Waals surface area contributed by atoms with Crippen molar-refractivity contribution in [1.29, 1.82) is 0 Å². The molecule has 0 saturated heterocycles. The van der Waals surface area contributed by atoms with Crippen molar-refractivity contribution in [1.82, 2.24) is 15.1 Å². The predicted molar refractivity (Wildman–Crippen MR) is 60.5 cm³/mol. The van der Waals surface area contributed by atoms with Crippen LogP contribution >= 0.6 is 0 Å². The normalized spacial score (nSPS) is 26.7. The molecule has 0 aromatic carbocycles. The van der Waals surface area contributed by atoms with Gasteiger partial charge in [-0.1, -0.05) is 0 Å². The van der Waals surface area contributed by atoms with E-state index >= 15 is 0 Å². The Balaban J connectivity index is 1.62. The van der Waals surface area contributed by atoms with Gasteiger partial charge in [0.05, 0.1) is 6.54 Å². The molecule has 1 saturated carbocycles. The third kappa shape index (κ3) is 3.32. The van der Waals surface area contributed by atoms with E-state index in [-0.39, 0.29) is 0 Å². The summed E-state index contributed by atoms with van der Waals surface area (Å²) in [5.74, 6) is 0. The number of rotatable bonds is 4. The van der Waals surface area contributed by atoms with Crippen molar-refractivity contribution in [3.8, 4) is 0 Å². The van der Waals surface area contributed by atoms with Crippen LogP contribution in [0.3, 0.4) is 0 Å². The Hall–Kier alpha value is -0.870. The summed E-state index contributed by atoms with van der Waals surface area (Å²) in [5, 5.41) is 7.73. The molecule has 1 aromatic rings. The van der Waals surface area contributed by atoms with Crippen LogP contribution in [0.2, 0.25) is 0 Å². The van der Waals surface area contributed by atoms with Gasteiger partial charge in [-0.3, -0.25) is 4.68 Å². The van der Waals surface area contributed by atoms with E-state index in [0.29, 0.717) is 12.1 Å². The number of nitrogens with zero attached hydrogens (tertiary/aromatic N) is 2. The van der Waals surface area contributed by atoms with E-state index in [2.05, 4.69) is 10.4 Å². The first kappa shape index (κ1) is 10.6. The van der Waals surface area contributed by atoms with E-state index in [1.54, 1.807) is 0 Å². The second-order valence-corrected chi connectivity index (χ2v) is 4.33. The van der Waals surface area contributed by atoms with Crippen LogP contribution in [0.4, 0.5) is 0 Å². The summed E-state index contributed by atoms with van der Waals surface area (Å²) in [6, 6.07) is 3.06. The minimum atomic E-state index is 0.439. The average molecular weight is 208 g/mol. The molecule has 0 aliphatic heterocycles. The molecule has 4 nitrogen and oxygen atoms in total. The third-order valence-electron chi connectivity index (χ3n) is 3.10. The van der Waals surface area contributed by atoms with E-state index < -0.39 is 0 Å². The lowest BCUT2D eigenvalue weighted by Gasteiger charge is -2.26. The molecular weight excluding hydrogens is 188 g/mol. The molecule has 0 radical (unpaired) electrons. The fourth-order valence-corrected chi connectivity index (χ4v) is 2.14. The lowest BCUT2D eigenvalue weighted by atomic mass is 9.92. The van der Waals surface area contributed by atoms with Crippen LogP contribution in [0.1, 0.15) is 25.7 Å². The standard InChI is InChI=1S/C11H20N4/c12-10-2-4-11(5-3-10)13-7-9-15-8-1-6-14-15/h1,6,8,10-11,13H,2-5,7,9,12H2. The number of nitrogens with one attached hydrogen (secondary N) is 1. The predicted octanol–water partition coefficient (Wildman–Crippen LogP) is 0.743. The Kier molecular flexibility index (Phi) is 3.75. The summed E-state index contributed by atoms with van der Waals surface area (Å²) in [5.41, 5.74) is 5.86. The zero-order valence-corrected chi connectivity index (χ0v) is 9.10. The number of aromatic nitrogens is 2. The molecule has 2 rings (SSSR count). The lowest BCUT2D eigenvalue weighted by molar-refractivity contribution is 0.337. The van der Waals surface area contributed by atoms with Gasteiger partial charge in [-0.25, -0.2) is 0 Å². The molecule has 15 heavy (non-hydrogen) atoms. The van der Waals surface area contributed by atoms with Gasteiger partial charge in [-0.2, -0.15) is 5.10 Å². The molecule has 1 heterocycles. The molecule has 1 aromatic heterocycles. The van der Waals surface area contributed by atoms with Gasteiger partial charge in [-0.05, 0) is 31.7 Å². The first-order valence-corrected chi connectivity index (χ1v) is 5.81. The molecule has 0 unspecified atom stereocenters. The van der Waals surface area contributed by atoms with E-state index in [4.69, 9.17) is 5.73 Å². The zero-order chi connectivity index (χ0) is 10.5. The molecule has 84 valence electrons. The van der Waals surface area contributed by atoms with Gasteiger partial charge in [0.1, 0.15) is 0 Å². The largest absolute Gasteiger partial charge is 0.328 e. The van der Waals surface area contributed by atoms with E-state index in [1.807, 2.05) is 23.1 Å². The third-order valence-corrected chi connectivity index (χ3v) is 3.10. The molecule has 3 N–H and O–H groups in total. The molecule has 0 spiro atoms. The Morgan fingerprint density at radius 1 is 1.33 bits per heavy atom. The molecule has 0 amide bonds. The van der Waals surface area contributed by atoms with E-state index in [9.17, 15) is 0 Å². The molecule has 0 bridgehead atoms. The number of hydrogen-bond acceptors (Lipinski definition) is 3. The summed E-state index contributed by atoms with van der Waals surface area (Å²) in [7, 11) is 0. The van der Waals surface area contributed by atoms with Gasteiger partial charge in [-0.15, -0.1) is 0 Å². The first-order chi connectivity index (χ1) is 7.34. The summed E-state index contributed by atoms with van der Waals surface area (Å²) < 4.78 is 1.96. The van der Waals surface area contributed by atoms with Crippen molar-refractivity contribution < 1.29 is 0 Å². The highest BCUT2D eigenvalue weighted by molar-refractivity contribution is 4.80. The first-order valence-electron chi connectivity index (χ1n) is 5.81. The lowest BCUT2D eigenvalue weighted by Crippen LogP contribution is -2.38. The monoisotopic (exact) mass is 208 g/mol. The highest BCUT2D eigenvalue weighted by Gasteiger charge is 2.17. The van der Waals surface area contributed by atoms with Crippen molar-refractivity contribution in [2.45, 2.75) is 44.3 Å². The maximum atomic E-state index is 5.86. The van der Waals surface area contributed by atoms with Crippen LogP contribution in [-0.4, -0.2) is 28.4 Å². The Morgan fingerprint density at radius 3 is 2.80 bits per heavy atom. The topological polar surface area (TPSA) is 55.9 Å². The highest BCUT2D eigenvalue weighted by atomic mass is 15.3. The van der Waals surface area contributed by atoms with E-state index in [0.717, 1.165) is 13.1 Å². The summed E-state index contributed by atoms with van der Waals surface area (Å²) in [6.07, 6.45) is 8.59. The van der Waals surface area contributed by atoms with Gasteiger partial charge in [0.15, 0.2) is 0 Å². The molecule has 4 heteroatoms. The summed E-state index contributed by atoms with van der Waals surface area (Å²) >= 11 is 0. The SMILES string of the molecule is NC1CCC(NCCn2cccn2)CC1. The van der Waals surface area contributed by atoms with Crippen molar-refractivity contribution in [3.05, 3.63) is 18.5 Å². The van der Waals surface area contributed by atoms with Crippen LogP contribution in [0, 0.1) is 0 Å². The smallest absolute Gasteiger partial charge is 0.0534 e. The van der Waals surface area contributed by atoms with Crippen LogP contribution < -0.4 is 11.1 Å². The maximum absolute atomic E-state index is 5.86. The van der Waals surface area contributed by atoms with Crippen LogP contribution in [0.15, 0.2) is 18.5 Å². The molecule has 1 aliphatic carbocycles. The van der Waals surface area contributed by atoms with Crippen molar-refractivity contribution >= 4 is 0 Å². The molecule has 1 fully saturated rings. The second-order valence-electron chi connectivity index (χ2n) is 4.33. The Labute approximate surface area is 90.8 Å². The van der Waals surface area contributed by atoms with Crippen molar-refractivity contribution in [2.24, 2.45) is 5.73 Å². The number of hydrogen-bond donors (Lipinski definition) is 2. The van der Waals surface area contributed by atoms with Gasteiger partial charge in [0, 0.05) is 31.0 Å².